The standard InChI is InChI=1S/C49H35N3Si/c1-53(2)45-26-25-42(30-43(45)44-29-36-15-9-10-16-37(36)31-46(44)53)49-51-47(35-19-17-34(18-20-35)32-11-5-3-6-12-32)50-48(52-49)41-24-23-39-27-38(21-22-40(39)28-41)33-13-7-4-8-14-33/h3-31H,1-2H3. The van der Waals surface area contributed by atoms with Crippen LogP contribution in [0.4, 0.5) is 0 Å². The van der Waals surface area contributed by atoms with Crippen LogP contribution >= 0.6 is 0 Å². The first-order valence-electron chi connectivity index (χ1n) is 18.2. The molecule has 3 nitrogen and oxygen atoms in total. The van der Waals surface area contributed by atoms with Crippen molar-refractivity contribution in [2.75, 3.05) is 0 Å². The van der Waals surface area contributed by atoms with Crippen molar-refractivity contribution < 1.29 is 0 Å². The van der Waals surface area contributed by atoms with Gasteiger partial charge in [-0.05, 0) is 89.6 Å². The lowest BCUT2D eigenvalue weighted by molar-refractivity contribution is 1.07. The zero-order valence-electron chi connectivity index (χ0n) is 29.6. The quantitative estimate of drug-likeness (QED) is 0.168. The summed E-state index contributed by atoms with van der Waals surface area (Å²) in [5.74, 6) is 1.99. The molecule has 1 aliphatic heterocycles. The summed E-state index contributed by atoms with van der Waals surface area (Å²) in [4.78, 5) is 15.5. The minimum atomic E-state index is -1.89. The molecule has 9 aromatic rings. The van der Waals surface area contributed by atoms with Gasteiger partial charge in [-0.2, -0.15) is 0 Å². The van der Waals surface area contributed by atoms with Crippen molar-refractivity contribution in [3.63, 3.8) is 0 Å². The largest absolute Gasteiger partial charge is 0.208 e. The molecule has 0 radical (unpaired) electrons. The molecule has 0 saturated carbocycles. The molecule has 4 heteroatoms. The van der Waals surface area contributed by atoms with E-state index in [0.29, 0.717) is 17.5 Å². The van der Waals surface area contributed by atoms with Crippen LogP contribution in [0.3, 0.4) is 0 Å². The molecule has 0 saturated heterocycles. The van der Waals surface area contributed by atoms with Crippen molar-refractivity contribution in [1.82, 2.24) is 15.0 Å². The maximum atomic E-state index is 5.19. The van der Waals surface area contributed by atoms with Crippen LogP contribution in [0.25, 0.3) is 89.1 Å². The third-order valence-electron chi connectivity index (χ3n) is 10.9. The third-order valence-corrected chi connectivity index (χ3v) is 14.4. The highest BCUT2D eigenvalue weighted by Crippen LogP contribution is 2.35. The number of hydrogen-bond donors (Lipinski definition) is 0. The average Bonchev–Trinajstić information content (AvgIpc) is 3.44. The molecular weight excluding hydrogens is 659 g/mol. The minimum absolute atomic E-state index is 0.658. The first-order valence-corrected chi connectivity index (χ1v) is 21.2. The molecule has 0 unspecified atom stereocenters. The Morgan fingerprint density at radius 3 is 1.38 bits per heavy atom. The molecule has 1 aromatic heterocycles. The van der Waals surface area contributed by atoms with Gasteiger partial charge >= 0.3 is 0 Å². The number of benzene rings is 8. The van der Waals surface area contributed by atoms with E-state index in [1.54, 1.807) is 0 Å². The number of nitrogens with zero attached hydrogens (tertiary/aromatic N) is 3. The first kappa shape index (κ1) is 31.3. The van der Waals surface area contributed by atoms with E-state index < -0.39 is 8.07 Å². The lowest BCUT2D eigenvalue weighted by atomic mass is 9.99. The first-order chi connectivity index (χ1) is 26.0. The van der Waals surface area contributed by atoms with Gasteiger partial charge in [0, 0.05) is 16.7 Å². The number of rotatable bonds is 5. The molecule has 0 fully saturated rings. The van der Waals surface area contributed by atoms with Crippen LogP contribution in [0, 0.1) is 0 Å². The molecule has 0 spiro atoms. The monoisotopic (exact) mass is 693 g/mol. The smallest absolute Gasteiger partial charge is 0.164 e. The summed E-state index contributed by atoms with van der Waals surface area (Å²) in [7, 11) is -1.89. The van der Waals surface area contributed by atoms with Gasteiger partial charge in [0.1, 0.15) is 8.07 Å². The van der Waals surface area contributed by atoms with Crippen LogP contribution in [-0.2, 0) is 0 Å². The van der Waals surface area contributed by atoms with Crippen molar-refractivity contribution in [2.24, 2.45) is 0 Å². The molecule has 0 amide bonds. The van der Waals surface area contributed by atoms with Crippen LogP contribution in [0.2, 0.25) is 13.1 Å². The van der Waals surface area contributed by atoms with Crippen LogP contribution in [0.15, 0.2) is 176 Å². The Labute approximate surface area is 310 Å². The maximum Gasteiger partial charge on any atom is 0.164 e. The normalized spacial score (nSPS) is 12.9. The molecule has 2 heterocycles. The summed E-state index contributed by atoms with van der Waals surface area (Å²) in [6.45, 7) is 4.93. The summed E-state index contributed by atoms with van der Waals surface area (Å²) in [5, 5.41) is 7.85. The Hall–Kier alpha value is -6.49. The van der Waals surface area contributed by atoms with E-state index >= 15 is 0 Å². The summed E-state index contributed by atoms with van der Waals surface area (Å²) in [6, 6.07) is 63.0. The summed E-state index contributed by atoms with van der Waals surface area (Å²) < 4.78 is 0. The Balaban J connectivity index is 1.11. The average molecular weight is 694 g/mol. The van der Waals surface area contributed by atoms with E-state index in [2.05, 4.69) is 183 Å². The zero-order valence-corrected chi connectivity index (χ0v) is 30.6. The van der Waals surface area contributed by atoms with Gasteiger partial charge in [0.15, 0.2) is 17.5 Å². The van der Waals surface area contributed by atoms with Crippen LogP contribution in [0.1, 0.15) is 0 Å². The predicted molar refractivity (Wildman–Crippen MR) is 224 cm³/mol. The fourth-order valence-electron chi connectivity index (χ4n) is 7.98. The van der Waals surface area contributed by atoms with Gasteiger partial charge in [0.2, 0.25) is 0 Å². The Bertz CT molecular complexity index is 2850. The molecule has 0 N–H and O–H groups in total. The van der Waals surface area contributed by atoms with Crippen LogP contribution in [-0.4, -0.2) is 23.0 Å². The molecular formula is C49H35N3Si. The minimum Gasteiger partial charge on any atom is -0.208 e. The van der Waals surface area contributed by atoms with Crippen molar-refractivity contribution in [3.8, 4) is 67.5 Å². The summed E-state index contributed by atoms with van der Waals surface area (Å²) >= 11 is 0. The molecule has 0 aliphatic carbocycles. The van der Waals surface area contributed by atoms with Crippen molar-refractivity contribution in [2.45, 2.75) is 13.1 Å². The number of hydrogen-bond acceptors (Lipinski definition) is 3. The van der Waals surface area contributed by atoms with Crippen LogP contribution in [0.5, 0.6) is 0 Å². The third kappa shape index (κ3) is 5.47. The topological polar surface area (TPSA) is 38.7 Å². The maximum absolute atomic E-state index is 5.19. The highest BCUT2D eigenvalue weighted by Gasteiger charge is 2.38. The molecule has 0 atom stereocenters. The predicted octanol–water partition coefficient (Wildman–Crippen LogP) is 11.3. The van der Waals surface area contributed by atoms with Gasteiger partial charge in [-0.25, -0.2) is 15.0 Å². The second-order valence-corrected chi connectivity index (χ2v) is 18.8. The van der Waals surface area contributed by atoms with E-state index in [1.807, 2.05) is 6.07 Å². The van der Waals surface area contributed by atoms with Gasteiger partial charge in [0.25, 0.3) is 0 Å². The van der Waals surface area contributed by atoms with Gasteiger partial charge in [-0.3, -0.25) is 0 Å². The van der Waals surface area contributed by atoms with E-state index in [-0.39, 0.29) is 0 Å². The molecule has 53 heavy (non-hydrogen) atoms. The Morgan fingerprint density at radius 2 is 0.717 bits per heavy atom. The van der Waals surface area contributed by atoms with Gasteiger partial charge < -0.3 is 0 Å². The Morgan fingerprint density at radius 1 is 0.302 bits per heavy atom. The van der Waals surface area contributed by atoms with Crippen LogP contribution < -0.4 is 10.4 Å². The second kappa shape index (κ2) is 12.3. The fraction of sp³-hybridized carbons (Fsp3) is 0.0408. The molecule has 250 valence electrons. The second-order valence-electron chi connectivity index (χ2n) is 14.5. The SMILES string of the molecule is C[Si]1(C)c2ccc(-c3nc(-c4ccc(-c5ccccc5)cc4)nc(-c4ccc5cc(-c6ccccc6)ccc5c4)n3)cc2-c2cc3ccccc3cc21. The van der Waals surface area contributed by atoms with Crippen molar-refractivity contribution in [1.29, 1.82) is 0 Å². The van der Waals surface area contributed by atoms with Crippen molar-refractivity contribution >= 4 is 40.0 Å². The molecule has 0 bridgehead atoms. The Kier molecular flexibility index (Phi) is 7.27. The molecule has 8 aromatic carbocycles. The fourth-order valence-corrected chi connectivity index (χ4v) is 11.0. The highest BCUT2D eigenvalue weighted by atomic mass is 28.3. The van der Waals surface area contributed by atoms with Crippen molar-refractivity contribution in [3.05, 3.63) is 176 Å². The van der Waals surface area contributed by atoms with E-state index in [1.165, 1.54) is 54.3 Å². The summed E-state index contributed by atoms with van der Waals surface area (Å²) in [5.41, 5.74) is 10.3. The lowest BCUT2D eigenvalue weighted by Gasteiger charge is -2.19. The molecule has 10 rings (SSSR count). The summed E-state index contributed by atoms with van der Waals surface area (Å²) in [6.07, 6.45) is 0. The van der Waals surface area contributed by atoms with Gasteiger partial charge in [-0.1, -0.05) is 165 Å². The zero-order chi connectivity index (χ0) is 35.5. The molecule has 1 aliphatic rings. The number of aromatic nitrogens is 3. The van der Waals surface area contributed by atoms with E-state index in [9.17, 15) is 0 Å². The lowest BCUT2D eigenvalue weighted by Crippen LogP contribution is -2.49. The van der Waals surface area contributed by atoms with Gasteiger partial charge in [0.05, 0.1) is 0 Å². The highest BCUT2D eigenvalue weighted by molar-refractivity contribution is 7.04. The number of fused-ring (bicyclic) bond motifs is 5. The van der Waals surface area contributed by atoms with E-state index in [4.69, 9.17) is 15.0 Å². The van der Waals surface area contributed by atoms with E-state index in [0.717, 1.165) is 27.6 Å². The van der Waals surface area contributed by atoms with Gasteiger partial charge in [-0.15, -0.1) is 0 Å².